The highest BCUT2D eigenvalue weighted by molar-refractivity contribution is 6.16. The van der Waals surface area contributed by atoms with Crippen LogP contribution in [0.4, 0.5) is 4.39 Å². The second kappa shape index (κ2) is 2.98. The first-order chi connectivity index (χ1) is 7.34. The third kappa shape index (κ3) is 1.24. The van der Waals surface area contributed by atoms with E-state index >= 15 is 0 Å². The number of halogens is 1. The molecule has 1 aromatic rings. The zero-order chi connectivity index (χ0) is 10.3. The summed E-state index contributed by atoms with van der Waals surface area (Å²) in [5.74, 6) is -0.242. The Labute approximate surface area is 86.2 Å². The average molecular weight is 198 g/mol. The molecule has 15 heavy (non-hydrogen) atoms. The molecular formula is C12H7FN2. The zero-order valence-electron chi connectivity index (χ0n) is 7.81. The number of hydrogen-bond acceptors (Lipinski definition) is 2. The van der Waals surface area contributed by atoms with Crippen molar-refractivity contribution in [2.24, 2.45) is 9.98 Å². The molecule has 0 unspecified atom stereocenters. The second-order valence-electron chi connectivity index (χ2n) is 3.36. The van der Waals surface area contributed by atoms with Crippen molar-refractivity contribution in [2.75, 3.05) is 0 Å². The van der Waals surface area contributed by atoms with E-state index in [1.807, 2.05) is 12.1 Å². The first-order valence-corrected chi connectivity index (χ1v) is 4.63. The van der Waals surface area contributed by atoms with Gasteiger partial charge in [-0.25, -0.2) is 4.39 Å². The molecule has 0 saturated heterocycles. The molecular weight excluding hydrogens is 191 g/mol. The van der Waals surface area contributed by atoms with Crippen molar-refractivity contribution in [1.29, 1.82) is 0 Å². The predicted molar refractivity (Wildman–Crippen MR) is 58.4 cm³/mol. The smallest absolute Gasteiger partial charge is 0.123 e. The molecule has 0 bridgehead atoms. The van der Waals surface area contributed by atoms with E-state index in [1.54, 1.807) is 18.5 Å². The Kier molecular flexibility index (Phi) is 1.65. The van der Waals surface area contributed by atoms with E-state index in [4.69, 9.17) is 0 Å². The van der Waals surface area contributed by atoms with Crippen LogP contribution in [0.25, 0.3) is 5.57 Å². The standard InChI is InChI=1S/C12H7FN2/c13-9-3-1-2-8(6-9)10-7-15-11-4-5-14-12(10)11/h1-7H. The van der Waals surface area contributed by atoms with Crippen molar-refractivity contribution in [1.82, 2.24) is 0 Å². The first-order valence-electron chi connectivity index (χ1n) is 4.63. The molecule has 0 radical (unpaired) electrons. The quantitative estimate of drug-likeness (QED) is 0.662. The Hall–Kier alpha value is -2.03. The number of hydrogen-bond donors (Lipinski definition) is 0. The van der Waals surface area contributed by atoms with Gasteiger partial charge in [0.1, 0.15) is 5.82 Å². The Bertz CT molecular complexity index is 550. The number of allylic oxidation sites excluding steroid dienone is 2. The fraction of sp³-hybridized carbons (Fsp3) is 0. The summed E-state index contributed by atoms with van der Waals surface area (Å²) >= 11 is 0. The predicted octanol–water partition coefficient (Wildman–Crippen LogP) is 2.59. The lowest BCUT2D eigenvalue weighted by atomic mass is 10.1. The fourth-order valence-corrected chi connectivity index (χ4v) is 1.70. The lowest BCUT2D eigenvalue weighted by molar-refractivity contribution is 0.627. The van der Waals surface area contributed by atoms with E-state index < -0.39 is 0 Å². The van der Waals surface area contributed by atoms with Crippen LogP contribution < -0.4 is 0 Å². The van der Waals surface area contributed by atoms with E-state index in [1.165, 1.54) is 12.1 Å². The summed E-state index contributed by atoms with van der Waals surface area (Å²) in [6, 6.07) is 6.46. The molecule has 0 N–H and O–H groups in total. The summed E-state index contributed by atoms with van der Waals surface area (Å²) in [6.07, 6.45) is 5.28. The third-order valence-corrected chi connectivity index (χ3v) is 2.40. The van der Waals surface area contributed by atoms with Gasteiger partial charge in [0.25, 0.3) is 0 Å². The first kappa shape index (κ1) is 8.29. The monoisotopic (exact) mass is 198 g/mol. The van der Waals surface area contributed by atoms with E-state index in [9.17, 15) is 4.39 Å². The lowest BCUT2D eigenvalue weighted by Gasteiger charge is -2.00. The van der Waals surface area contributed by atoms with Gasteiger partial charge in [-0.1, -0.05) is 12.1 Å². The Morgan fingerprint density at radius 1 is 1.13 bits per heavy atom. The largest absolute Gasteiger partial charge is 0.254 e. The normalized spacial score (nSPS) is 17.3. The van der Waals surface area contributed by atoms with E-state index in [-0.39, 0.29) is 5.82 Å². The molecule has 0 fully saturated rings. The van der Waals surface area contributed by atoms with Crippen LogP contribution in [0.1, 0.15) is 5.56 Å². The van der Waals surface area contributed by atoms with Crippen LogP contribution >= 0.6 is 0 Å². The highest BCUT2D eigenvalue weighted by Crippen LogP contribution is 2.31. The van der Waals surface area contributed by atoms with Crippen molar-refractivity contribution in [2.45, 2.75) is 0 Å². The minimum atomic E-state index is -0.242. The number of rotatable bonds is 1. The van der Waals surface area contributed by atoms with Crippen molar-refractivity contribution in [3.8, 4) is 0 Å². The molecule has 0 aromatic heterocycles. The summed E-state index contributed by atoms with van der Waals surface area (Å²) in [5, 5.41) is 0. The van der Waals surface area contributed by atoms with Gasteiger partial charge in [0, 0.05) is 18.0 Å². The van der Waals surface area contributed by atoms with Crippen LogP contribution in [-0.4, -0.2) is 12.4 Å². The minimum Gasteiger partial charge on any atom is -0.254 e. The summed E-state index contributed by atoms with van der Waals surface area (Å²) in [5.41, 5.74) is 3.39. The molecule has 2 heterocycles. The fourth-order valence-electron chi connectivity index (χ4n) is 1.70. The molecule has 72 valence electrons. The van der Waals surface area contributed by atoms with Crippen molar-refractivity contribution in [3.63, 3.8) is 0 Å². The maximum atomic E-state index is 13.0. The molecule has 2 aliphatic rings. The van der Waals surface area contributed by atoms with Gasteiger partial charge in [-0.3, -0.25) is 9.98 Å². The highest BCUT2D eigenvalue weighted by atomic mass is 19.1. The molecule has 2 nitrogen and oxygen atoms in total. The number of fused-ring (bicyclic) bond motifs is 1. The maximum absolute atomic E-state index is 13.0. The number of aliphatic imine (C=N–C) groups is 2. The second-order valence-corrected chi connectivity index (χ2v) is 3.36. The van der Waals surface area contributed by atoms with Gasteiger partial charge in [-0.05, 0) is 23.8 Å². The molecule has 1 aromatic carbocycles. The van der Waals surface area contributed by atoms with Crippen LogP contribution in [-0.2, 0) is 0 Å². The Morgan fingerprint density at radius 3 is 2.93 bits per heavy atom. The van der Waals surface area contributed by atoms with E-state index in [0.29, 0.717) is 0 Å². The van der Waals surface area contributed by atoms with Crippen molar-refractivity contribution < 1.29 is 4.39 Å². The summed E-state index contributed by atoms with van der Waals surface area (Å²) < 4.78 is 13.0. The van der Waals surface area contributed by atoms with Crippen LogP contribution in [0.2, 0.25) is 0 Å². The molecule has 0 saturated carbocycles. The summed E-state index contributed by atoms with van der Waals surface area (Å²) in [7, 11) is 0. The molecule has 3 heteroatoms. The Morgan fingerprint density at radius 2 is 2.07 bits per heavy atom. The number of nitrogens with zero attached hydrogens (tertiary/aromatic N) is 2. The molecule has 3 rings (SSSR count). The summed E-state index contributed by atoms with van der Waals surface area (Å²) in [6.45, 7) is 0. The van der Waals surface area contributed by atoms with Crippen molar-refractivity contribution in [3.05, 3.63) is 53.1 Å². The minimum absolute atomic E-state index is 0.242. The Balaban J connectivity index is 2.16. The lowest BCUT2D eigenvalue weighted by Crippen LogP contribution is -1.87. The van der Waals surface area contributed by atoms with Crippen LogP contribution in [0.3, 0.4) is 0 Å². The van der Waals surface area contributed by atoms with E-state index in [2.05, 4.69) is 9.98 Å². The average Bonchev–Trinajstić information content (AvgIpc) is 2.77. The van der Waals surface area contributed by atoms with Crippen LogP contribution in [0.15, 0.2) is 51.7 Å². The van der Waals surface area contributed by atoms with Gasteiger partial charge in [-0.15, -0.1) is 0 Å². The topological polar surface area (TPSA) is 24.7 Å². The molecule has 0 atom stereocenters. The molecule has 0 spiro atoms. The van der Waals surface area contributed by atoms with Gasteiger partial charge in [0.05, 0.1) is 11.4 Å². The van der Waals surface area contributed by atoms with Gasteiger partial charge in [0.2, 0.25) is 0 Å². The SMILES string of the molecule is Fc1cccc(C2=C3N=CC=C3N=C2)c1. The highest BCUT2D eigenvalue weighted by Gasteiger charge is 2.18. The third-order valence-electron chi connectivity index (χ3n) is 2.40. The molecule has 0 amide bonds. The van der Waals surface area contributed by atoms with Gasteiger partial charge >= 0.3 is 0 Å². The van der Waals surface area contributed by atoms with Gasteiger partial charge < -0.3 is 0 Å². The maximum Gasteiger partial charge on any atom is 0.123 e. The van der Waals surface area contributed by atoms with Gasteiger partial charge in [0.15, 0.2) is 0 Å². The molecule has 0 aliphatic carbocycles. The zero-order valence-corrected chi connectivity index (χ0v) is 7.81. The van der Waals surface area contributed by atoms with Crippen molar-refractivity contribution >= 4 is 18.0 Å². The van der Waals surface area contributed by atoms with Gasteiger partial charge in [-0.2, -0.15) is 0 Å². The van der Waals surface area contributed by atoms with Crippen LogP contribution in [0.5, 0.6) is 0 Å². The molecule has 2 aliphatic heterocycles. The van der Waals surface area contributed by atoms with Crippen LogP contribution in [0, 0.1) is 5.82 Å². The number of benzene rings is 1. The summed E-state index contributed by atoms with van der Waals surface area (Å²) in [4.78, 5) is 8.40. The van der Waals surface area contributed by atoms with E-state index in [0.717, 1.165) is 22.5 Å².